The van der Waals surface area contributed by atoms with E-state index in [0.717, 1.165) is 49.3 Å². The second kappa shape index (κ2) is 22.0. The second-order valence-corrected chi connectivity index (χ2v) is 12.1. The Morgan fingerprint density at radius 1 is 0.868 bits per heavy atom. The van der Waals surface area contributed by atoms with Crippen LogP contribution in [0.3, 0.4) is 0 Å². The third kappa shape index (κ3) is 15.1. The van der Waals surface area contributed by atoms with Crippen molar-refractivity contribution in [1.29, 1.82) is 0 Å². The van der Waals surface area contributed by atoms with E-state index in [0.29, 0.717) is 29.7 Å². The number of halogens is 3. The number of rotatable bonds is 18. The van der Waals surface area contributed by atoms with Crippen LogP contribution in [-0.2, 0) is 43.1 Å². The summed E-state index contributed by atoms with van der Waals surface area (Å²) in [4.78, 5) is 57.0. The molecule has 0 aliphatic rings. The van der Waals surface area contributed by atoms with Crippen LogP contribution in [0, 0.1) is 0 Å². The molecule has 0 spiro atoms. The van der Waals surface area contributed by atoms with Crippen molar-refractivity contribution in [3.05, 3.63) is 108 Å². The lowest BCUT2D eigenvalue weighted by Gasteiger charge is -2.23. The summed E-state index contributed by atoms with van der Waals surface area (Å²) in [6.45, 7) is 3.68. The van der Waals surface area contributed by atoms with Gasteiger partial charge in [0.2, 0.25) is 17.7 Å². The maximum Gasteiger partial charge on any atom is 0.416 e. The first-order valence-corrected chi connectivity index (χ1v) is 17.0. The van der Waals surface area contributed by atoms with Gasteiger partial charge in [0.1, 0.15) is 18.4 Å². The summed E-state index contributed by atoms with van der Waals surface area (Å²) in [5, 5.41) is 8.47. The normalized spacial score (nSPS) is 12.3. The maximum atomic E-state index is 13.4. The molecule has 284 valence electrons. The summed E-state index contributed by atoms with van der Waals surface area (Å²) < 4.78 is 44.7. The first-order valence-electron chi connectivity index (χ1n) is 17.0. The zero-order chi connectivity index (χ0) is 38.6. The zero-order valence-electron chi connectivity index (χ0n) is 29.5. The van der Waals surface area contributed by atoms with E-state index < -0.39 is 41.5 Å². The zero-order valence-corrected chi connectivity index (χ0v) is 29.5. The van der Waals surface area contributed by atoms with Crippen molar-refractivity contribution in [2.24, 2.45) is 11.5 Å². The van der Waals surface area contributed by atoms with Crippen molar-refractivity contribution in [3.8, 4) is 0 Å². The van der Waals surface area contributed by atoms with Gasteiger partial charge in [-0.2, -0.15) is 13.2 Å². The number of nitrogens with two attached hydrogens (primary N) is 2. The highest BCUT2D eigenvalue weighted by atomic mass is 19.4. The number of likely N-dealkylation sites (N-methyl/N-ethyl adjacent to an activating group) is 1. The van der Waals surface area contributed by atoms with Gasteiger partial charge in [-0.15, -0.1) is 0 Å². The number of alkyl halides is 3. The second-order valence-electron chi connectivity index (χ2n) is 12.1. The first kappa shape index (κ1) is 42.2. The van der Waals surface area contributed by atoms with Gasteiger partial charge < -0.3 is 41.8 Å². The number of benzene rings is 3. The van der Waals surface area contributed by atoms with Gasteiger partial charge in [0.25, 0.3) is 0 Å². The lowest BCUT2D eigenvalue weighted by Crippen LogP contribution is -2.53. The van der Waals surface area contributed by atoms with Gasteiger partial charge in [-0.1, -0.05) is 60.7 Å². The Morgan fingerprint density at radius 3 is 2.17 bits per heavy atom. The summed E-state index contributed by atoms with van der Waals surface area (Å²) in [5.74, 6) is -2.04. The molecule has 0 saturated heterocycles. The number of nitrogens with one attached hydrogen (secondary N) is 3. The van der Waals surface area contributed by atoms with Crippen LogP contribution in [0.1, 0.15) is 29.5 Å². The molecule has 1 heterocycles. The van der Waals surface area contributed by atoms with Gasteiger partial charge in [0.05, 0.1) is 36.2 Å². The summed E-state index contributed by atoms with van der Waals surface area (Å²) in [6, 6.07) is 19.9. The van der Waals surface area contributed by atoms with E-state index in [1.54, 1.807) is 24.3 Å². The fourth-order valence-corrected chi connectivity index (χ4v) is 4.99. The van der Waals surface area contributed by atoms with Crippen molar-refractivity contribution in [2.45, 2.75) is 44.1 Å². The highest BCUT2D eigenvalue weighted by molar-refractivity contribution is 6.00. The fraction of sp³-hybridized carbons (Fsp3) is 0.342. The fourth-order valence-electron chi connectivity index (χ4n) is 4.99. The van der Waals surface area contributed by atoms with E-state index in [2.05, 4.69) is 25.8 Å². The van der Waals surface area contributed by atoms with E-state index >= 15 is 0 Å². The Bertz CT molecular complexity index is 1740. The monoisotopic (exact) mass is 737 g/mol. The molecular weight excluding hydrogens is 691 g/mol. The summed E-state index contributed by atoms with van der Waals surface area (Å²) >= 11 is 0. The standard InChI is InChI=1S/C33H31F3N4O5.C5H15N3/c34-33(35,36)25-12-10-22(11-13-25)18-29(32(44)38-26-19-24-8-4-5-9-27(24)37-20-26)40-31(43)28(14-16-41)39-30(42)15-17-45-21-23-6-2-1-3-7-23;1-8(4-2-6)5-3-7/h1-13,16,19-20,28-29H,14-15,17-18,21H2,(H,38,44)(H,39,42)(H,40,43);2-7H2,1H3/t28?,29-;/m0./s1. The molecule has 1 aromatic heterocycles. The van der Waals surface area contributed by atoms with Crippen LogP contribution >= 0.6 is 0 Å². The van der Waals surface area contributed by atoms with Gasteiger partial charge in [0.15, 0.2) is 0 Å². The third-order valence-electron chi connectivity index (χ3n) is 7.80. The number of para-hydroxylation sites is 1. The van der Waals surface area contributed by atoms with Crippen LogP contribution in [0.15, 0.2) is 91.1 Å². The number of hydrogen-bond donors (Lipinski definition) is 5. The summed E-state index contributed by atoms with van der Waals surface area (Å²) in [5.41, 5.74) is 12.0. The number of ether oxygens (including phenoxy) is 1. The molecule has 0 saturated carbocycles. The highest BCUT2D eigenvalue weighted by Gasteiger charge is 2.31. The van der Waals surface area contributed by atoms with Gasteiger partial charge in [-0.25, -0.2) is 0 Å². The molecule has 1 unspecified atom stereocenters. The number of hydrogen-bond acceptors (Lipinski definition) is 9. The van der Waals surface area contributed by atoms with Crippen LogP contribution in [0.2, 0.25) is 0 Å². The Hall–Kier alpha value is -5.22. The Morgan fingerprint density at radius 2 is 1.53 bits per heavy atom. The third-order valence-corrected chi connectivity index (χ3v) is 7.80. The molecule has 12 nitrogen and oxygen atoms in total. The predicted octanol–water partition coefficient (Wildman–Crippen LogP) is 3.44. The number of fused-ring (bicyclic) bond motifs is 1. The van der Waals surface area contributed by atoms with Crippen molar-refractivity contribution in [3.63, 3.8) is 0 Å². The Balaban J connectivity index is 0.000000846. The smallest absolute Gasteiger partial charge is 0.376 e. The van der Waals surface area contributed by atoms with Gasteiger partial charge in [-0.3, -0.25) is 19.4 Å². The molecule has 0 aliphatic carbocycles. The minimum Gasteiger partial charge on any atom is -0.376 e. The lowest BCUT2D eigenvalue weighted by atomic mass is 10.0. The molecule has 0 fully saturated rings. The van der Waals surface area contributed by atoms with Crippen LogP contribution in [0.5, 0.6) is 0 Å². The van der Waals surface area contributed by atoms with Crippen molar-refractivity contribution in [1.82, 2.24) is 20.5 Å². The quantitative estimate of drug-likeness (QED) is 0.0755. The molecule has 4 aromatic rings. The molecule has 3 aromatic carbocycles. The number of pyridine rings is 1. The molecule has 53 heavy (non-hydrogen) atoms. The van der Waals surface area contributed by atoms with Gasteiger partial charge in [0, 0.05) is 50.8 Å². The average Bonchev–Trinajstić information content (AvgIpc) is 3.13. The number of anilines is 1. The van der Waals surface area contributed by atoms with E-state index in [9.17, 15) is 32.3 Å². The molecule has 2 atom stereocenters. The molecular formula is C38H46F3N7O5. The molecule has 0 radical (unpaired) electrons. The van der Waals surface area contributed by atoms with Crippen molar-refractivity contribution in [2.75, 3.05) is 45.2 Å². The van der Waals surface area contributed by atoms with E-state index in [1.807, 2.05) is 43.4 Å². The van der Waals surface area contributed by atoms with Crippen LogP contribution in [0.4, 0.5) is 18.9 Å². The number of aromatic nitrogens is 1. The highest BCUT2D eigenvalue weighted by Crippen LogP contribution is 2.29. The summed E-state index contributed by atoms with van der Waals surface area (Å²) in [6.07, 6.45) is -3.27. The molecule has 3 amide bonds. The Labute approximate surface area is 306 Å². The van der Waals surface area contributed by atoms with Crippen LogP contribution < -0.4 is 27.4 Å². The molecule has 15 heteroatoms. The SMILES string of the molecule is CN(CCN)CCN.O=CCC(NC(=O)CCOCc1ccccc1)C(=O)N[C@@H](Cc1ccc(C(F)(F)F)cc1)C(=O)Nc1cnc2ccccc2c1. The minimum atomic E-state index is -4.54. The van der Waals surface area contributed by atoms with Gasteiger partial charge >= 0.3 is 6.18 Å². The topological polar surface area (TPSA) is 182 Å². The van der Waals surface area contributed by atoms with Crippen molar-refractivity contribution >= 4 is 40.6 Å². The lowest BCUT2D eigenvalue weighted by molar-refractivity contribution is -0.137. The van der Waals surface area contributed by atoms with E-state index in [-0.39, 0.29) is 25.9 Å². The number of amides is 3. The largest absolute Gasteiger partial charge is 0.416 e. The van der Waals surface area contributed by atoms with Crippen molar-refractivity contribution < 1.29 is 37.1 Å². The molecule has 7 N–H and O–H groups in total. The van der Waals surface area contributed by atoms with Gasteiger partial charge in [-0.05, 0) is 42.4 Å². The minimum absolute atomic E-state index is 0.0644. The maximum absolute atomic E-state index is 13.4. The first-order chi connectivity index (χ1) is 25.4. The Kier molecular flexibility index (Phi) is 17.5. The predicted molar refractivity (Wildman–Crippen MR) is 196 cm³/mol. The molecule has 0 bridgehead atoms. The number of nitrogens with zero attached hydrogens (tertiary/aromatic N) is 2. The number of aldehydes is 1. The number of carbonyl (C=O) groups excluding carboxylic acids is 4. The average molecular weight is 738 g/mol. The summed E-state index contributed by atoms with van der Waals surface area (Å²) in [7, 11) is 2.01. The molecule has 0 aliphatic heterocycles. The van der Waals surface area contributed by atoms with E-state index in [1.165, 1.54) is 18.3 Å². The molecule has 4 rings (SSSR count). The van der Waals surface area contributed by atoms with Crippen LogP contribution in [-0.4, -0.2) is 85.8 Å². The number of carbonyl (C=O) groups is 4. The van der Waals surface area contributed by atoms with E-state index in [4.69, 9.17) is 16.2 Å². The van der Waals surface area contributed by atoms with Crippen LogP contribution in [0.25, 0.3) is 10.9 Å².